The van der Waals surface area contributed by atoms with Crippen LogP contribution in [-0.4, -0.2) is 18.7 Å². The number of carbonyl (C=O) groups is 1. The molecule has 2 rings (SSSR count). The van der Waals surface area contributed by atoms with Gasteiger partial charge in [-0.1, -0.05) is 48.0 Å². The average Bonchev–Trinajstić information content (AvgIpc) is 2.55. The Morgan fingerprint density at radius 2 is 1.83 bits per heavy atom. The van der Waals surface area contributed by atoms with E-state index in [1.54, 1.807) is 6.21 Å². The number of hydrogen-bond acceptors (Lipinski definition) is 3. The second-order valence-corrected chi connectivity index (χ2v) is 5.87. The van der Waals surface area contributed by atoms with Gasteiger partial charge in [-0.05, 0) is 46.6 Å². The molecule has 0 aliphatic heterocycles. The van der Waals surface area contributed by atoms with Crippen molar-refractivity contribution >= 4 is 39.8 Å². The van der Waals surface area contributed by atoms with E-state index in [4.69, 9.17) is 0 Å². The molecule has 5 heteroatoms. The number of benzene rings is 2. The molecule has 0 aliphatic carbocycles. The third-order valence-electron chi connectivity index (χ3n) is 2.99. The van der Waals surface area contributed by atoms with Gasteiger partial charge in [0.05, 0.1) is 12.8 Å². The van der Waals surface area contributed by atoms with E-state index in [9.17, 15) is 4.79 Å². The van der Waals surface area contributed by atoms with Crippen molar-refractivity contribution in [1.82, 2.24) is 5.43 Å². The van der Waals surface area contributed by atoms with Gasteiger partial charge in [0, 0.05) is 10.2 Å². The predicted octanol–water partition coefficient (Wildman–Crippen LogP) is 3.94. The Morgan fingerprint density at radius 1 is 1.13 bits per heavy atom. The SMILES string of the molecule is Cc1ccc(NCC(=O)N/N=C/C(Br)=C/c2ccccc2)cc1. The Morgan fingerprint density at radius 3 is 2.52 bits per heavy atom. The first-order valence-electron chi connectivity index (χ1n) is 7.18. The van der Waals surface area contributed by atoms with Crippen LogP contribution in [0.2, 0.25) is 0 Å². The molecule has 0 saturated carbocycles. The van der Waals surface area contributed by atoms with Crippen molar-refractivity contribution in [2.45, 2.75) is 6.92 Å². The van der Waals surface area contributed by atoms with Gasteiger partial charge in [-0.2, -0.15) is 5.10 Å². The first-order chi connectivity index (χ1) is 11.1. The molecule has 0 saturated heterocycles. The Labute approximate surface area is 144 Å². The molecule has 1 amide bonds. The fourth-order valence-corrected chi connectivity index (χ4v) is 2.17. The molecule has 2 aromatic rings. The number of allylic oxidation sites excluding steroid dienone is 1. The number of hydrogen-bond donors (Lipinski definition) is 2. The van der Waals surface area contributed by atoms with Gasteiger partial charge in [0.15, 0.2) is 0 Å². The fourth-order valence-electron chi connectivity index (χ4n) is 1.80. The van der Waals surface area contributed by atoms with Crippen LogP contribution in [0.3, 0.4) is 0 Å². The minimum absolute atomic E-state index is 0.167. The lowest BCUT2D eigenvalue weighted by Gasteiger charge is -2.05. The summed E-state index contributed by atoms with van der Waals surface area (Å²) in [7, 11) is 0. The highest BCUT2D eigenvalue weighted by atomic mass is 79.9. The number of halogens is 1. The van der Waals surface area contributed by atoms with Crippen LogP contribution in [0, 0.1) is 6.92 Å². The predicted molar refractivity (Wildman–Crippen MR) is 99.6 cm³/mol. The lowest BCUT2D eigenvalue weighted by molar-refractivity contribution is -0.119. The number of hydrazone groups is 1. The van der Waals surface area contributed by atoms with Crippen LogP contribution in [0.15, 0.2) is 64.2 Å². The van der Waals surface area contributed by atoms with Crippen molar-refractivity contribution in [2.75, 3.05) is 11.9 Å². The van der Waals surface area contributed by atoms with E-state index in [-0.39, 0.29) is 12.5 Å². The molecule has 0 unspecified atom stereocenters. The number of carbonyl (C=O) groups excluding carboxylic acids is 1. The maximum absolute atomic E-state index is 11.7. The second kappa shape index (κ2) is 8.90. The van der Waals surface area contributed by atoms with E-state index in [0.29, 0.717) is 0 Å². The summed E-state index contributed by atoms with van der Waals surface area (Å²) in [5.74, 6) is -0.207. The van der Waals surface area contributed by atoms with Gasteiger partial charge in [-0.15, -0.1) is 0 Å². The summed E-state index contributed by atoms with van der Waals surface area (Å²) in [5, 5.41) is 6.95. The van der Waals surface area contributed by atoms with Crippen LogP contribution in [0.1, 0.15) is 11.1 Å². The number of aryl methyl sites for hydroxylation is 1. The van der Waals surface area contributed by atoms with Crippen molar-refractivity contribution in [2.24, 2.45) is 5.10 Å². The monoisotopic (exact) mass is 371 g/mol. The van der Waals surface area contributed by atoms with Crippen LogP contribution in [-0.2, 0) is 4.79 Å². The van der Waals surface area contributed by atoms with Crippen molar-refractivity contribution in [3.8, 4) is 0 Å². The molecule has 118 valence electrons. The van der Waals surface area contributed by atoms with Crippen molar-refractivity contribution in [1.29, 1.82) is 0 Å². The third-order valence-corrected chi connectivity index (χ3v) is 3.42. The zero-order valence-electron chi connectivity index (χ0n) is 12.8. The van der Waals surface area contributed by atoms with Crippen LogP contribution in [0.25, 0.3) is 6.08 Å². The summed E-state index contributed by atoms with van der Waals surface area (Å²) >= 11 is 3.39. The first kappa shape index (κ1) is 17.0. The lowest BCUT2D eigenvalue weighted by atomic mass is 10.2. The maximum Gasteiger partial charge on any atom is 0.259 e. The smallest absolute Gasteiger partial charge is 0.259 e. The van der Waals surface area contributed by atoms with Gasteiger partial charge in [-0.3, -0.25) is 4.79 Å². The van der Waals surface area contributed by atoms with E-state index >= 15 is 0 Å². The molecule has 2 N–H and O–H groups in total. The standard InChI is InChI=1S/C18H18BrN3O/c1-14-7-9-17(10-8-14)20-13-18(23)22-21-12-16(19)11-15-5-3-2-4-6-15/h2-12,20H,13H2,1H3,(H,22,23)/b16-11-,21-12+. The van der Waals surface area contributed by atoms with Crippen molar-refractivity contribution < 1.29 is 4.79 Å². The maximum atomic E-state index is 11.7. The summed E-state index contributed by atoms with van der Waals surface area (Å²) in [5.41, 5.74) is 5.61. The largest absolute Gasteiger partial charge is 0.376 e. The summed E-state index contributed by atoms with van der Waals surface area (Å²) in [6.07, 6.45) is 3.47. The molecule has 4 nitrogen and oxygen atoms in total. The van der Waals surface area contributed by atoms with Gasteiger partial charge in [0.2, 0.25) is 0 Å². The van der Waals surface area contributed by atoms with E-state index in [2.05, 4.69) is 31.8 Å². The van der Waals surface area contributed by atoms with E-state index in [1.807, 2.05) is 67.6 Å². The average molecular weight is 372 g/mol. The minimum atomic E-state index is -0.207. The molecule has 23 heavy (non-hydrogen) atoms. The molecule has 0 bridgehead atoms. The number of anilines is 1. The molecule has 2 aromatic carbocycles. The molecule has 0 aromatic heterocycles. The number of rotatable bonds is 6. The lowest BCUT2D eigenvalue weighted by Crippen LogP contribution is -2.25. The van der Waals surface area contributed by atoms with E-state index in [1.165, 1.54) is 5.56 Å². The topological polar surface area (TPSA) is 53.5 Å². The Bertz CT molecular complexity index is 694. The molecular formula is C18H18BrN3O. The van der Waals surface area contributed by atoms with Gasteiger partial charge in [0.25, 0.3) is 5.91 Å². The quantitative estimate of drug-likeness (QED) is 0.596. The van der Waals surface area contributed by atoms with Crippen molar-refractivity contribution in [3.63, 3.8) is 0 Å². The van der Waals surface area contributed by atoms with Gasteiger partial charge >= 0.3 is 0 Å². The minimum Gasteiger partial charge on any atom is -0.376 e. The zero-order chi connectivity index (χ0) is 16.5. The number of nitrogens with one attached hydrogen (secondary N) is 2. The van der Waals surface area contributed by atoms with E-state index < -0.39 is 0 Å². The number of amides is 1. The molecule has 0 atom stereocenters. The van der Waals surface area contributed by atoms with E-state index in [0.717, 1.165) is 15.7 Å². The number of nitrogens with zero attached hydrogens (tertiary/aromatic N) is 1. The highest BCUT2D eigenvalue weighted by Crippen LogP contribution is 2.10. The van der Waals surface area contributed by atoms with Crippen LogP contribution >= 0.6 is 15.9 Å². The molecule has 0 heterocycles. The van der Waals surface area contributed by atoms with Crippen molar-refractivity contribution in [3.05, 3.63) is 70.2 Å². The Hall–Kier alpha value is -2.40. The van der Waals surface area contributed by atoms with Crippen LogP contribution in [0.4, 0.5) is 5.69 Å². The van der Waals surface area contributed by atoms with Crippen LogP contribution < -0.4 is 10.7 Å². The normalized spacial score (nSPS) is 11.5. The molecular weight excluding hydrogens is 354 g/mol. The summed E-state index contributed by atoms with van der Waals surface area (Å²) in [6, 6.07) is 17.7. The zero-order valence-corrected chi connectivity index (χ0v) is 14.4. The summed E-state index contributed by atoms with van der Waals surface area (Å²) < 4.78 is 0.774. The Kier molecular flexibility index (Phi) is 6.56. The molecule has 0 spiro atoms. The molecule has 0 radical (unpaired) electrons. The fraction of sp³-hybridized carbons (Fsp3) is 0.111. The first-order valence-corrected chi connectivity index (χ1v) is 7.97. The Balaban J connectivity index is 1.77. The molecule has 0 fully saturated rings. The van der Waals surface area contributed by atoms with Gasteiger partial charge < -0.3 is 5.32 Å². The summed E-state index contributed by atoms with van der Waals surface area (Å²) in [6.45, 7) is 2.19. The second-order valence-electron chi connectivity index (χ2n) is 4.95. The van der Waals surface area contributed by atoms with Gasteiger partial charge in [-0.25, -0.2) is 5.43 Å². The molecule has 0 aliphatic rings. The highest BCUT2D eigenvalue weighted by Gasteiger charge is 1.99. The van der Waals surface area contributed by atoms with Gasteiger partial charge in [0.1, 0.15) is 0 Å². The third kappa shape index (κ3) is 6.48. The van der Waals surface area contributed by atoms with Crippen LogP contribution in [0.5, 0.6) is 0 Å². The highest BCUT2D eigenvalue weighted by molar-refractivity contribution is 9.12. The summed E-state index contributed by atoms with van der Waals surface area (Å²) in [4.78, 5) is 11.7.